The van der Waals surface area contributed by atoms with Crippen LogP contribution in [0, 0.1) is 0 Å². The van der Waals surface area contributed by atoms with Gasteiger partial charge in [0.2, 0.25) is 0 Å². The number of fused-ring (bicyclic) bond motifs is 6. The molecule has 0 unspecified atom stereocenters. The number of carbonyl (C=O) groups is 1. The molecule has 0 saturated heterocycles. The lowest BCUT2D eigenvalue weighted by Crippen LogP contribution is -2.43. The number of aliphatic hydroxyl groups excluding tert-OH is 1. The molecule has 3 aliphatic heterocycles. The van der Waals surface area contributed by atoms with E-state index in [1.54, 1.807) is 45.4 Å². The van der Waals surface area contributed by atoms with Gasteiger partial charge >= 0.3 is 0 Å². The second-order valence-corrected chi connectivity index (χ2v) is 9.08. The number of ketones is 1. The van der Waals surface area contributed by atoms with E-state index in [9.17, 15) is 9.90 Å². The predicted octanol–water partition coefficient (Wildman–Crippen LogP) is 3.12. The average Bonchev–Trinajstić information content (AvgIpc) is 3.23. The van der Waals surface area contributed by atoms with Crippen LogP contribution in [0.2, 0.25) is 0 Å². The third-order valence-corrected chi connectivity index (χ3v) is 6.66. The van der Waals surface area contributed by atoms with Crippen LogP contribution >= 0.6 is 11.6 Å². The summed E-state index contributed by atoms with van der Waals surface area (Å²) in [5.74, 6) is 2.25. The smallest absolute Gasteiger partial charge is 0.178 e. The first-order chi connectivity index (χ1) is 14.9. The van der Waals surface area contributed by atoms with Crippen LogP contribution in [-0.2, 0) is 6.42 Å². The highest BCUT2D eigenvalue weighted by atomic mass is 35.5. The maximum atomic E-state index is 13.6. The number of aliphatic hydroxyl groups is 1. The molecule has 2 aromatic carbocycles. The minimum Gasteiger partial charge on any atom is -0.493 e. The van der Waals surface area contributed by atoms with Crippen LogP contribution in [0.15, 0.2) is 24.3 Å². The van der Waals surface area contributed by atoms with E-state index < -0.39 is 23.0 Å². The second-order valence-electron chi connectivity index (χ2n) is 8.22. The summed E-state index contributed by atoms with van der Waals surface area (Å²) < 4.78 is 29.0. The summed E-state index contributed by atoms with van der Waals surface area (Å²) in [7, 11) is 3.11. The molecule has 8 heteroatoms. The fourth-order valence-corrected chi connectivity index (χ4v) is 4.63. The van der Waals surface area contributed by atoms with Crippen molar-refractivity contribution in [3.63, 3.8) is 0 Å². The molecule has 4 atom stereocenters. The third kappa shape index (κ3) is 3.02. The third-order valence-electron chi connectivity index (χ3n) is 6.30. The SMILES string of the molecule is COc1cc2c(cc1OC)[C@@H]1C(=O)c3ccc4c(c3O[C@@H]1CO2)C[C@@H]([C@@](C)(Cl)CO)O4. The Hall–Kier alpha value is -2.64. The highest BCUT2D eigenvalue weighted by Gasteiger charge is 2.47. The van der Waals surface area contributed by atoms with E-state index in [1.165, 1.54) is 0 Å². The maximum Gasteiger partial charge on any atom is 0.178 e. The zero-order valence-corrected chi connectivity index (χ0v) is 18.2. The van der Waals surface area contributed by atoms with Crippen LogP contribution in [-0.4, -0.2) is 55.4 Å². The molecule has 5 rings (SSSR count). The van der Waals surface area contributed by atoms with Crippen LogP contribution in [0.1, 0.15) is 34.3 Å². The zero-order valence-electron chi connectivity index (χ0n) is 17.4. The molecule has 0 spiro atoms. The lowest BCUT2D eigenvalue weighted by molar-refractivity contribution is 0.0554. The van der Waals surface area contributed by atoms with E-state index >= 15 is 0 Å². The summed E-state index contributed by atoms with van der Waals surface area (Å²) in [6.45, 7) is 1.74. The largest absolute Gasteiger partial charge is 0.493 e. The Labute approximate surface area is 184 Å². The van der Waals surface area contributed by atoms with Crippen molar-refractivity contribution in [3.05, 3.63) is 41.0 Å². The Morgan fingerprint density at radius 3 is 2.61 bits per heavy atom. The molecule has 164 valence electrons. The molecule has 7 nitrogen and oxygen atoms in total. The number of hydrogen-bond donors (Lipinski definition) is 1. The van der Waals surface area contributed by atoms with E-state index in [4.69, 9.17) is 35.3 Å². The molecule has 2 aromatic rings. The van der Waals surface area contributed by atoms with Crippen molar-refractivity contribution < 1.29 is 33.6 Å². The lowest BCUT2D eigenvalue weighted by Gasteiger charge is -2.37. The molecule has 3 aliphatic rings. The van der Waals surface area contributed by atoms with Gasteiger partial charge < -0.3 is 28.8 Å². The topological polar surface area (TPSA) is 83.5 Å². The van der Waals surface area contributed by atoms with E-state index in [1.807, 2.05) is 0 Å². The van der Waals surface area contributed by atoms with Gasteiger partial charge in [-0.2, -0.15) is 0 Å². The quantitative estimate of drug-likeness (QED) is 0.722. The summed E-state index contributed by atoms with van der Waals surface area (Å²) in [6.07, 6.45) is -0.444. The van der Waals surface area contributed by atoms with E-state index in [2.05, 4.69) is 0 Å². The first kappa shape index (κ1) is 20.3. The van der Waals surface area contributed by atoms with Gasteiger partial charge in [-0.05, 0) is 25.1 Å². The molecule has 0 fully saturated rings. The molecular weight excluding hydrogens is 424 g/mol. The number of ether oxygens (including phenoxy) is 5. The summed E-state index contributed by atoms with van der Waals surface area (Å²) in [5.41, 5.74) is 2.02. The Kier molecular flexibility index (Phi) is 4.71. The molecule has 31 heavy (non-hydrogen) atoms. The van der Waals surface area contributed by atoms with Crippen molar-refractivity contribution in [2.75, 3.05) is 27.4 Å². The summed E-state index contributed by atoms with van der Waals surface area (Å²) >= 11 is 6.42. The molecular formula is C23H23ClO7. The van der Waals surface area contributed by atoms with Gasteiger partial charge in [-0.15, -0.1) is 11.6 Å². The Balaban J connectivity index is 1.55. The van der Waals surface area contributed by atoms with Crippen molar-refractivity contribution in [2.24, 2.45) is 0 Å². The number of methoxy groups -OCH3 is 2. The molecule has 0 aliphatic carbocycles. The molecule has 0 bridgehead atoms. The predicted molar refractivity (Wildman–Crippen MR) is 112 cm³/mol. The van der Waals surface area contributed by atoms with Gasteiger partial charge in [0.15, 0.2) is 17.3 Å². The molecule has 0 aromatic heterocycles. The first-order valence-electron chi connectivity index (χ1n) is 10.1. The number of rotatable bonds is 4. The van der Waals surface area contributed by atoms with Crippen molar-refractivity contribution in [1.82, 2.24) is 0 Å². The molecule has 1 N–H and O–H groups in total. The summed E-state index contributed by atoms with van der Waals surface area (Å²) in [6, 6.07) is 7.03. The summed E-state index contributed by atoms with van der Waals surface area (Å²) in [4.78, 5) is 12.7. The normalized spacial score (nSPS) is 24.9. The number of Topliss-reactive ketones (excluding diaryl/α,β-unsaturated/α-hetero) is 1. The average molecular weight is 447 g/mol. The van der Waals surface area contributed by atoms with Gasteiger partial charge in [0, 0.05) is 23.6 Å². The van der Waals surface area contributed by atoms with Gasteiger partial charge in [-0.1, -0.05) is 0 Å². The summed E-state index contributed by atoms with van der Waals surface area (Å²) in [5, 5.41) is 9.61. The Morgan fingerprint density at radius 2 is 1.90 bits per heavy atom. The van der Waals surface area contributed by atoms with E-state index in [-0.39, 0.29) is 19.0 Å². The lowest BCUT2D eigenvalue weighted by atomic mass is 9.81. The Bertz CT molecular complexity index is 1060. The minimum absolute atomic E-state index is 0.0370. The minimum atomic E-state index is -0.935. The van der Waals surface area contributed by atoms with Crippen molar-refractivity contribution >= 4 is 17.4 Å². The number of alkyl halides is 1. The van der Waals surface area contributed by atoms with Gasteiger partial charge in [0.05, 0.1) is 32.3 Å². The zero-order chi connectivity index (χ0) is 21.9. The number of carbonyl (C=O) groups excluding carboxylic acids is 1. The van der Waals surface area contributed by atoms with Crippen LogP contribution in [0.3, 0.4) is 0 Å². The van der Waals surface area contributed by atoms with E-state index in [0.717, 1.165) is 5.56 Å². The maximum absolute atomic E-state index is 13.6. The molecule has 0 radical (unpaired) electrons. The molecule has 0 amide bonds. The van der Waals surface area contributed by atoms with Gasteiger partial charge in [-0.25, -0.2) is 0 Å². The fourth-order valence-electron chi connectivity index (χ4n) is 4.50. The first-order valence-corrected chi connectivity index (χ1v) is 10.5. The highest BCUT2D eigenvalue weighted by Crippen LogP contribution is 2.50. The highest BCUT2D eigenvalue weighted by molar-refractivity contribution is 6.24. The van der Waals surface area contributed by atoms with Gasteiger partial charge in [-0.3, -0.25) is 4.79 Å². The monoisotopic (exact) mass is 446 g/mol. The van der Waals surface area contributed by atoms with Crippen molar-refractivity contribution in [2.45, 2.75) is 36.3 Å². The number of hydrogen-bond acceptors (Lipinski definition) is 7. The Morgan fingerprint density at radius 1 is 1.16 bits per heavy atom. The molecule has 0 saturated carbocycles. The number of benzene rings is 2. The second kappa shape index (κ2) is 7.21. The standard InChI is InChI=1S/C23H23ClO7/c1-23(24,10-25)19-7-13-14(30-19)5-4-11-21(26)20-12-6-16(27-2)17(28-3)8-15(12)29-9-18(20)31-22(11)13/h4-6,8,18-20,25H,7,9-10H2,1-3H3/t18-,19+,20+,23+/m1/s1. The van der Waals surface area contributed by atoms with Crippen molar-refractivity contribution in [3.8, 4) is 28.7 Å². The fraction of sp³-hybridized carbons (Fsp3) is 0.435. The van der Waals surface area contributed by atoms with Gasteiger partial charge in [0.25, 0.3) is 0 Å². The van der Waals surface area contributed by atoms with Crippen LogP contribution < -0.4 is 23.7 Å². The van der Waals surface area contributed by atoms with Crippen LogP contribution in [0.4, 0.5) is 0 Å². The van der Waals surface area contributed by atoms with Gasteiger partial charge in [0.1, 0.15) is 40.9 Å². The van der Waals surface area contributed by atoms with E-state index in [0.29, 0.717) is 46.3 Å². The number of halogens is 1. The van der Waals surface area contributed by atoms with Crippen LogP contribution in [0.5, 0.6) is 28.7 Å². The van der Waals surface area contributed by atoms with Crippen LogP contribution in [0.25, 0.3) is 0 Å². The van der Waals surface area contributed by atoms with Crippen molar-refractivity contribution in [1.29, 1.82) is 0 Å². The molecule has 3 heterocycles.